The third-order valence-corrected chi connectivity index (χ3v) is 6.55. The van der Waals surface area contributed by atoms with Gasteiger partial charge in [0.25, 0.3) is 5.56 Å². The summed E-state index contributed by atoms with van der Waals surface area (Å²) in [5.74, 6) is 0.0765. The van der Waals surface area contributed by atoms with Crippen LogP contribution in [-0.2, 0) is 4.79 Å². The van der Waals surface area contributed by atoms with Gasteiger partial charge in [-0.25, -0.2) is 4.98 Å². The van der Waals surface area contributed by atoms with E-state index in [9.17, 15) is 9.59 Å². The number of aromatic amines is 1. The van der Waals surface area contributed by atoms with Crippen molar-refractivity contribution in [2.24, 2.45) is 0 Å². The molecular weight excluding hydrogens is 414 g/mol. The third-order valence-electron chi connectivity index (χ3n) is 4.80. The zero-order chi connectivity index (χ0) is 21.1. The number of H-pyrrole nitrogens is 1. The zero-order valence-electron chi connectivity index (χ0n) is 16.6. The summed E-state index contributed by atoms with van der Waals surface area (Å²) in [5, 5.41) is 5.97. The van der Waals surface area contributed by atoms with E-state index >= 15 is 0 Å². The highest BCUT2D eigenvalue weighted by molar-refractivity contribution is 7.99. The van der Waals surface area contributed by atoms with Crippen molar-refractivity contribution < 1.29 is 4.79 Å². The highest BCUT2D eigenvalue weighted by Gasteiger charge is 2.15. The maximum absolute atomic E-state index is 12.7. The predicted molar refractivity (Wildman–Crippen MR) is 124 cm³/mol. The number of aryl methyl sites for hydroxylation is 1. The van der Waals surface area contributed by atoms with Crippen LogP contribution in [0.1, 0.15) is 24.1 Å². The first-order valence-electron chi connectivity index (χ1n) is 9.57. The molecule has 0 saturated carbocycles. The molecule has 4 aromatic rings. The van der Waals surface area contributed by atoms with Crippen molar-refractivity contribution in [2.75, 3.05) is 5.75 Å². The van der Waals surface area contributed by atoms with E-state index in [1.165, 1.54) is 28.7 Å². The molecule has 4 rings (SSSR count). The van der Waals surface area contributed by atoms with E-state index in [1.54, 1.807) is 0 Å². The molecule has 0 aliphatic carbocycles. The molecule has 7 heteroatoms. The summed E-state index contributed by atoms with van der Waals surface area (Å²) in [6.07, 6.45) is 0. The normalized spacial score (nSPS) is 12.1. The molecule has 0 radical (unpaired) electrons. The number of nitrogens with zero attached hydrogens (tertiary/aromatic N) is 1. The molecule has 0 aliphatic heterocycles. The lowest BCUT2D eigenvalue weighted by molar-refractivity contribution is -0.119. The molecule has 2 aromatic carbocycles. The molecular formula is C23H21N3O2S2. The molecule has 0 bridgehead atoms. The Morgan fingerprint density at radius 2 is 1.90 bits per heavy atom. The van der Waals surface area contributed by atoms with Gasteiger partial charge in [0, 0.05) is 10.9 Å². The Kier molecular flexibility index (Phi) is 6.01. The fourth-order valence-electron chi connectivity index (χ4n) is 3.19. The molecule has 2 N–H and O–H groups in total. The van der Waals surface area contributed by atoms with E-state index in [1.807, 2.05) is 73.8 Å². The van der Waals surface area contributed by atoms with Gasteiger partial charge in [-0.15, -0.1) is 11.3 Å². The Hall–Kier alpha value is -2.90. The topological polar surface area (TPSA) is 74.8 Å². The van der Waals surface area contributed by atoms with Gasteiger partial charge in [0.2, 0.25) is 5.91 Å². The first-order chi connectivity index (χ1) is 14.5. The van der Waals surface area contributed by atoms with E-state index in [-0.39, 0.29) is 23.3 Å². The zero-order valence-corrected chi connectivity index (χ0v) is 18.3. The number of hydrogen-bond donors (Lipinski definition) is 2. The number of thiophene rings is 1. The van der Waals surface area contributed by atoms with Crippen molar-refractivity contribution in [3.63, 3.8) is 0 Å². The van der Waals surface area contributed by atoms with Gasteiger partial charge in [-0.3, -0.25) is 9.59 Å². The number of rotatable bonds is 6. The fraction of sp³-hybridized carbons (Fsp3) is 0.174. The molecule has 5 nitrogen and oxygen atoms in total. The van der Waals surface area contributed by atoms with Gasteiger partial charge >= 0.3 is 0 Å². The minimum Gasteiger partial charge on any atom is -0.349 e. The smallest absolute Gasteiger partial charge is 0.260 e. The van der Waals surface area contributed by atoms with Gasteiger partial charge in [0.1, 0.15) is 4.83 Å². The van der Waals surface area contributed by atoms with Crippen LogP contribution in [0.15, 0.2) is 69.9 Å². The summed E-state index contributed by atoms with van der Waals surface area (Å²) < 4.78 is 0. The van der Waals surface area contributed by atoms with Crippen LogP contribution < -0.4 is 10.9 Å². The highest BCUT2D eigenvalue weighted by Crippen LogP contribution is 2.31. The number of nitrogens with one attached hydrogen (secondary N) is 2. The van der Waals surface area contributed by atoms with Crippen molar-refractivity contribution in [1.29, 1.82) is 0 Å². The predicted octanol–water partition coefficient (Wildman–Crippen LogP) is 4.93. The van der Waals surface area contributed by atoms with Crippen molar-refractivity contribution in [2.45, 2.75) is 25.0 Å². The number of fused-ring (bicyclic) bond motifs is 1. The lowest BCUT2D eigenvalue weighted by Crippen LogP contribution is -2.28. The lowest BCUT2D eigenvalue weighted by Gasteiger charge is -2.13. The van der Waals surface area contributed by atoms with Crippen LogP contribution in [-0.4, -0.2) is 21.6 Å². The second kappa shape index (κ2) is 8.85. The standard InChI is InChI=1S/C23H21N3O2S2/c1-14-8-10-17(11-9-14)18-12-29-22-20(18)21(28)25-23(26-22)30-13-19(27)24-15(2)16-6-4-3-5-7-16/h3-12,15H,13H2,1-2H3,(H,24,27)(H,25,26,28). The number of hydrogen-bond acceptors (Lipinski definition) is 5. The number of thioether (sulfide) groups is 1. The quantitative estimate of drug-likeness (QED) is 0.333. The second-order valence-corrected chi connectivity index (χ2v) is 8.88. The summed E-state index contributed by atoms with van der Waals surface area (Å²) in [6, 6.07) is 17.8. The van der Waals surface area contributed by atoms with Crippen molar-refractivity contribution in [3.05, 3.63) is 81.5 Å². The van der Waals surface area contributed by atoms with E-state index in [0.29, 0.717) is 15.4 Å². The maximum Gasteiger partial charge on any atom is 0.260 e. The van der Waals surface area contributed by atoms with Gasteiger partial charge in [-0.2, -0.15) is 0 Å². The van der Waals surface area contributed by atoms with Gasteiger partial charge < -0.3 is 10.3 Å². The van der Waals surface area contributed by atoms with Crippen molar-refractivity contribution in [1.82, 2.24) is 15.3 Å². The first kappa shape index (κ1) is 20.4. The van der Waals surface area contributed by atoms with Crippen LogP contribution in [0.3, 0.4) is 0 Å². The van der Waals surface area contributed by atoms with Crippen LogP contribution in [0, 0.1) is 6.92 Å². The number of amides is 1. The Labute approximate surface area is 182 Å². The Bertz CT molecular complexity index is 1230. The summed E-state index contributed by atoms with van der Waals surface area (Å²) in [7, 11) is 0. The van der Waals surface area contributed by atoms with Crippen LogP contribution in [0.25, 0.3) is 21.3 Å². The van der Waals surface area contributed by atoms with Crippen molar-refractivity contribution >= 4 is 39.2 Å². The summed E-state index contributed by atoms with van der Waals surface area (Å²) in [5.41, 5.74) is 3.91. The molecule has 152 valence electrons. The SMILES string of the molecule is Cc1ccc(-c2csc3nc(SCC(=O)NC(C)c4ccccc4)[nH]c(=O)c23)cc1. The van der Waals surface area contributed by atoms with Gasteiger partial charge in [-0.05, 0) is 25.0 Å². The average Bonchev–Trinajstić information content (AvgIpc) is 3.18. The Morgan fingerprint density at radius 1 is 1.17 bits per heavy atom. The summed E-state index contributed by atoms with van der Waals surface area (Å²) >= 11 is 2.67. The molecule has 2 heterocycles. The molecule has 2 aromatic heterocycles. The second-order valence-electron chi connectivity index (χ2n) is 7.06. The van der Waals surface area contributed by atoms with E-state index in [2.05, 4.69) is 15.3 Å². The lowest BCUT2D eigenvalue weighted by atomic mass is 10.1. The Balaban J connectivity index is 1.47. The molecule has 0 aliphatic rings. The van der Waals surface area contributed by atoms with E-state index < -0.39 is 0 Å². The number of aromatic nitrogens is 2. The minimum atomic E-state index is -0.183. The van der Waals surface area contributed by atoms with Gasteiger partial charge in [-0.1, -0.05) is 71.9 Å². The molecule has 30 heavy (non-hydrogen) atoms. The van der Waals surface area contributed by atoms with Crippen LogP contribution in [0.2, 0.25) is 0 Å². The van der Waals surface area contributed by atoms with Crippen LogP contribution in [0.5, 0.6) is 0 Å². The molecule has 0 spiro atoms. The number of carbonyl (C=O) groups excluding carboxylic acids is 1. The van der Waals surface area contributed by atoms with Gasteiger partial charge in [0.15, 0.2) is 5.16 Å². The monoisotopic (exact) mass is 435 g/mol. The van der Waals surface area contributed by atoms with Gasteiger partial charge in [0.05, 0.1) is 17.2 Å². The summed E-state index contributed by atoms with van der Waals surface area (Å²) in [4.78, 5) is 33.1. The minimum absolute atomic E-state index is 0.0804. The molecule has 1 amide bonds. The average molecular weight is 436 g/mol. The van der Waals surface area contributed by atoms with E-state index in [4.69, 9.17) is 0 Å². The molecule has 0 fully saturated rings. The first-order valence-corrected chi connectivity index (χ1v) is 11.4. The highest BCUT2D eigenvalue weighted by atomic mass is 32.2. The number of benzene rings is 2. The number of carbonyl (C=O) groups is 1. The van der Waals surface area contributed by atoms with Crippen LogP contribution >= 0.6 is 23.1 Å². The summed E-state index contributed by atoms with van der Waals surface area (Å²) in [6.45, 7) is 3.98. The molecule has 1 atom stereocenters. The Morgan fingerprint density at radius 3 is 2.63 bits per heavy atom. The fourth-order valence-corrected chi connectivity index (χ4v) is 4.86. The largest absolute Gasteiger partial charge is 0.349 e. The van der Waals surface area contributed by atoms with Crippen molar-refractivity contribution in [3.8, 4) is 11.1 Å². The molecule has 0 saturated heterocycles. The van der Waals surface area contributed by atoms with E-state index in [0.717, 1.165) is 16.7 Å². The molecule has 1 unspecified atom stereocenters. The maximum atomic E-state index is 12.7. The third kappa shape index (κ3) is 4.47. The van der Waals surface area contributed by atoms with Crippen LogP contribution in [0.4, 0.5) is 0 Å².